The highest BCUT2D eigenvalue weighted by Crippen LogP contribution is 2.31. The van der Waals surface area contributed by atoms with Gasteiger partial charge in [-0.25, -0.2) is 0 Å². The van der Waals surface area contributed by atoms with E-state index in [9.17, 15) is 4.79 Å². The van der Waals surface area contributed by atoms with E-state index in [0.29, 0.717) is 13.2 Å². The largest absolute Gasteiger partial charge is 0.486 e. The molecule has 0 aliphatic carbocycles. The van der Waals surface area contributed by atoms with Crippen molar-refractivity contribution in [3.8, 4) is 11.5 Å². The van der Waals surface area contributed by atoms with E-state index in [-0.39, 0.29) is 11.9 Å². The molecule has 0 spiro atoms. The van der Waals surface area contributed by atoms with E-state index < -0.39 is 0 Å². The monoisotopic (exact) mass is 302 g/mol. The Morgan fingerprint density at radius 3 is 2.77 bits per heavy atom. The number of carbonyl (C=O) groups is 1. The van der Waals surface area contributed by atoms with E-state index in [2.05, 4.69) is 18.9 Å². The Morgan fingerprint density at radius 1 is 1.23 bits per heavy atom. The second-order valence-corrected chi connectivity index (χ2v) is 5.88. The second kappa shape index (κ2) is 6.40. The van der Waals surface area contributed by atoms with Crippen LogP contribution in [0.4, 0.5) is 0 Å². The van der Waals surface area contributed by atoms with Crippen LogP contribution in [0.3, 0.4) is 0 Å². The fraction of sp³-hybridized carbons (Fsp3) is 0.471. The maximum atomic E-state index is 12.3. The predicted octanol–water partition coefficient (Wildman–Crippen LogP) is 1.63. The zero-order chi connectivity index (χ0) is 15.5. The molecule has 0 N–H and O–H groups in total. The Labute approximate surface area is 131 Å². The molecule has 2 aliphatic rings. The molecule has 0 aromatic heterocycles. The topological polar surface area (TPSA) is 42.0 Å². The summed E-state index contributed by atoms with van der Waals surface area (Å²) in [6, 6.07) is 5.98. The standard InChI is InChI=1S/C17H22N2O3/c1-13-12-18(2)7-8-19(13)17(20)6-4-14-3-5-15-16(11-14)22-10-9-21-15/h3-6,11,13H,7-10,12H2,1-2H3/b6-4+. The Bertz CT molecular complexity index is 585. The van der Waals surface area contributed by atoms with Crippen LogP contribution in [-0.4, -0.2) is 61.6 Å². The number of likely N-dealkylation sites (N-methyl/N-ethyl adjacent to an activating group) is 1. The van der Waals surface area contributed by atoms with Crippen LogP contribution in [0, 0.1) is 0 Å². The summed E-state index contributed by atoms with van der Waals surface area (Å²) >= 11 is 0. The minimum Gasteiger partial charge on any atom is -0.486 e. The molecule has 2 heterocycles. The van der Waals surface area contributed by atoms with Crippen LogP contribution in [0.15, 0.2) is 24.3 Å². The maximum absolute atomic E-state index is 12.3. The predicted molar refractivity (Wildman–Crippen MR) is 85.1 cm³/mol. The lowest BCUT2D eigenvalue weighted by Gasteiger charge is -2.37. The van der Waals surface area contributed by atoms with Gasteiger partial charge in [0.1, 0.15) is 13.2 Å². The second-order valence-electron chi connectivity index (χ2n) is 5.88. The first-order chi connectivity index (χ1) is 10.6. The average molecular weight is 302 g/mol. The van der Waals surface area contributed by atoms with Crippen LogP contribution in [0.1, 0.15) is 12.5 Å². The van der Waals surface area contributed by atoms with Gasteiger partial charge in [0, 0.05) is 31.8 Å². The van der Waals surface area contributed by atoms with Crippen LogP contribution >= 0.6 is 0 Å². The Balaban J connectivity index is 1.67. The number of fused-ring (bicyclic) bond motifs is 1. The molecule has 0 radical (unpaired) electrons. The fourth-order valence-electron chi connectivity index (χ4n) is 2.89. The number of hydrogen-bond donors (Lipinski definition) is 0. The van der Waals surface area contributed by atoms with Gasteiger partial charge in [0.15, 0.2) is 11.5 Å². The van der Waals surface area contributed by atoms with Gasteiger partial charge in [-0.2, -0.15) is 0 Å². The molecular weight excluding hydrogens is 280 g/mol. The van der Waals surface area contributed by atoms with E-state index in [4.69, 9.17) is 9.47 Å². The fourth-order valence-corrected chi connectivity index (χ4v) is 2.89. The summed E-state index contributed by atoms with van der Waals surface area (Å²) in [4.78, 5) is 16.5. The van der Waals surface area contributed by atoms with Crippen molar-refractivity contribution < 1.29 is 14.3 Å². The van der Waals surface area contributed by atoms with Gasteiger partial charge in [-0.15, -0.1) is 0 Å². The Morgan fingerprint density at radius 2 is 2.00 bits per heavy atom. The molecule has 22 heavy (non-hydrogen) atoms. The summed E-state index contributed by atoms with van der Waals surface area (Å²) in [7, 11) is 2.09. The molecule has 1 aromatic rings. The van der Waals surface area contributed by atoms with Gasteiger partial charge in [-0.1, -0.05) is 6.07 Å². The van der Waals surface area contributed by atoms with Gasteiger partial charge in [-0.3, -0.25) is 4.79 Å². The molecule has 1 aromatic carbocycles. The molecule has 118 valence electrons. The lowest BCUT2D eigenvalue weighted by Crippen LogP contribution is -2.52. The van der Waals surface area contributed by atoms with Crippen LogP contribution in [-0.2, 0) is 4.79 Å². The van der Waals surface area contributed by atoms with Crippen molar-refractivity contribution >= 4 is 12.0 Å². The van der Waals surface area contributed by atoms with Gasteiger partial charge >= 0.3 is 0 Å². The van der Waals surface area contributed by atoms with Crippen LogP contribution in [0.25, 0.3) is 6.08 Å². The van der Waals surface area contributed by atoms with Crippen molar-refractivity contribution in [2.45, 2.75) is 13.0 Å². The summed E-state index contributed by atoms with van der Waals surface area (Å²) in [6.07, 6.45) is 3.48. The summed E-state index contributed by atoms with van der Waals surface area (Å²) < 4.78 is 11.1. The zero-order valence-electron chi connectivity index (χ0n) is 13.1. The maximum Gasteiger partial charge on any atom is 0.246 e. The molecule has 1 fully saturated rings. The number of nitrogens with zero attached hydrogens (tertiary/aromatic N) is 2. The van der Waals surface area contributed by atoms with Crippen molar-refractivity contribution in [3.63, 3.8) is 0 Å². The zero-order valence-corrected chi connectivity index (χ0v) is 13.1. The summed E-state index contributed by atoms with van der Waals surface area (Å²) in [5, 5.41) is 0. The first-order valence-electron chi connectivity index (χ1n) is 7.70. The van der Waals surface area contributed by atoms with Crippen molar-refractivity contribution in [2.24, 2.45) is 0 Å². The quantitative estimate of drug-likeness (QED) is 0.779. The number of hydrogen-bond acceptors (Lipinski definition) is 4. The highest BCUT2D eigenvalue weighted by molar-refractivity contribution is 5.92. The molecule has 1 saturated heterocycles. The molecule has 1 unspecified atom stereocenters. The number of ether oxygens (including phenoxy) is 2. The SMILES string of the molecule is CC1CN(C)CCN1C(=O)/C=C/c1ccc2c(c1)OCCO2. The third-order valence-electron chi connectivity index (χ3n) is 4.10. The molecule has 3 rings (SSSR count). The number of rotatable bonds is 2. The minimum absolute atomic E-state index is 0.0653. The van der Waals surface area contributed by atoms with Gasteiger partial charge in [0.05, 0.1) is 0 Å². The highest BCUT2D eigenvalue weighted by atomic mass is 16.6. The first-order valence-corrected chi connectivity index (χ1v) is 7.70. The van der Waals surface area contributed by atoms with Gasteiger partial charge in [-0.05, 0) is 37.7 Å². The van der Waals surface area contributed by atoms with E-state index in [1.165, 1.54) is 0 Å². The van der Waals surface area contributed by atoms with Crippen molar-refractivity contribution in [2.75, 3.05) is 39.9 Å². The van der Waals surface area contributed by atoms with Crippen LogP contribution in [0.2, 0.25) is 0 Å². The van der Waals surface area contributed by atoms with Crippen LogP contribution in [0.5, 0.6) is 11.5 Å². The normalized spacial score (nSPS) is 22.1. The van der Waals surface area contributed by atoms with Crippen molar-refractivity contribution in [1.29, 1.82) is 0 Å². The van der Waals surface area contributed by atoms with Crippen molar-refractivity contribution in [3.05, 3.63) is 29.8 Å². The molecule has 0 saturated carbocycles. The van der Waals surface area contributed by atoms with Gasteiger partial charge in [0.2, 0.25) is 5.91 Å². The summed E-state index contributed by atoms with van der Waals surface area (Å²) in [5.41, 5.74) is 0.944. The third-order valence-corrected chi connectivity index (χ3v) is 4.10. The van der Waals surface area contributed by atoms with E-state index in [1.807, 2.05) is 29.2 Å². The number of benzene rings is 1. The molecular formula is C17H22N2O3. The smallest absolute Gasteiger partial charge is 0.246 e. The van der Waals surface area contributed by atoms with E-state index in [0.717, 1.165) is 36.7 Å². The molecule has 1 amide bonds. The van der Waals surface area contributed by atoms with Crippen LogP contribution < -0.4 is 9.47 Å². The van der Waals surface area contributed by atoms with Gasteiger partial charge in [0.25, 0.3) is 0 Å². The molecule has 0 bridgehead atoms. The van der Waals surface area contributed by atoms with E-state index in [1.54, 1.807) is 6.08 Å². The summed E-state index contributed by atoms with van der Waals surface area (Å²) in [6.45, 7) is 5.87. The highest BCUT2D eigenvalue weighted by Gasteiger charge is 2.24. The third kappa shape index (κ3) is 3.25. The lowest BCUT2D eigenvalue weighted by atomic mass is 10.1. The molecule has 5 nitrogen and oxygen atoms in total. The summed E-state index contributed by atoms with van der Waals surface area (Å²) in [5.74, 6) is 1.58. The van der Waals surface area contributed by atoms with Crippen molar-refractivity contribution in [1.82, 2.24) is 9.80 Å². The van der Waals surface area contributed by atoms with Gasteiger partial charge < -0.3 is 19.3 Å². The molecule has 1 atom stereocenters. The number of carbonyl (C=O) groups excluding carboxylic acids is 1. The number of amides is 1. The number of piperazine rings is 1. The Kier molecular flexibility index (Phi) is 4.34. The Hall–Kier alpha value is -2.01. The molecule has 5 heteroatoms. The minimum atomic E-state index is 0.0653. The van der Waals surface area contributed by atoms with E-state index >= 15 is 0 Å². The first kappa shape index (κ1) is 14.9. The molecule has 2 aliphatic heterocycles. The lowest BCUT2D eigenvalue weighted by molar-refractivity contribution is -0.130. The average Bonchev–Trinajstić information content (AvgIpc) is 2.52.